The molecule has 1 atom stereocenters. The number of carbonyl (C=O) groups excluding carboxylic acids is 2. The largest absolute Gasteiger partial charge is 0.349 e. The van der Waals surface area contributed by atoms with Crippen molar-refractivity contribution in [1.29, 1.82) is 0 Å². The number of carbonyl (C=O) groups is 2. The van der Waals surface area contributed by atoms with E-state index in [1.54, 1.807) is 0 Å². The van der Waals surface area contributed by atoms with Crippen LogP contribution in [0.1, 0.15) is 58.1 Å². The zero-order valence-electron chi connectivity index (χ0n) is 15.0. The van der Waals surface area contributed by atoms with Gasteiger partial charge < -0.3 is 16.0 Å². The van der Waals surface area contributed by atoms with Gasteiger partial charge in [-0.15, -0.1) is 0 Å². The zero-order valence-corrected chi connectivity index (χ0v) is 15.0. The van der Waals surface area contributed by atoms with Crippen LogP contribution in [-0.2, 0) is 9.59 Å². The molecule has 5 heteroatoms. The maximum absolute atomic E-state index is 12.6. The van der Waals surface area contributed by atoms with Crippen LogP contribution in [-0.4, -0.2) is 24.9 Å². The second-order valence-corrected chi connectivity index (χ2v) is 6.63. The molecule has 1 aliphatic rings. The molecule has 2 rings (SSSR count). The summed E-state index contributed by atoms with van der Waals surface area (Å²) in [6.45, 7) is 7.12. The second kappa shape index (κ2) is 7.79. The molecule has 2 amide bonds. The summed E-state index contributed by atoms with van der Waals surface area (Å²) in [4.78, 5) is 26.2. The van der Waals surface area contributed by atoms with Crippen LogP contribution in [0.25, 0.3) is 0 Å². The number of rotatable bonds is 7. The van der Waals surface area contributed by atoms with E-state index in [0.717, 1.165) is 37.1 Å². The van der Waals surface area contributed by atoms with Crippen molar-refractivity contribution in [1.82, 2.24) is 5.32 Å². The van der Waals surface area contributed by atoms with Crippen molar-refractivity contribution in [2.45, 2.75) is 52.5 Å². The number of amides is 2. The van der Waals surface area contributed by atoms with Crippen molar-refractivity contribution in [3.05, 3.63) is 29.8 Å². The first kappa shape index (κ1) is 18.5. The van der Waals surface area contributed by atoms with Crippen molar-refractivity contribution in [2.75, 3.05) is 18.0 Å². The van der Waals surface area contributed by atoms with Crippen LogP contribution in [0.3, 0.4) is 0 Å². The Morgan fingerprint density at radius 2 is 1.92 bits per heavy atom. The standard InChI is InChI=1S/C19H29N3O2/c1-4-19(5-2,13-20)18(24)21-14(3)15-8-10-16(11-9-15)22-12-6-7-17(22)23/h8-11,14H,4-7,12-13,20H2,1-3H3,(H,21,24). The number of hydrogen-bond acceptors (Lipinski definition) is 3. The molecule has 0 bridgehead atoms. The van der Waals surface area contributed by atoms with Gasteiger partial charge in [0.15, 0.2) is 0 Å². The first-order valence-electron chi connectivity index (χ1n) is 8.88. The highest BCUT2D eigenvalue weighted by molar-refractivity contribution is 5.95. The molecule has 132 valence electrons. The third-order valence-electron chi connectivity index (χ3n) is 5.35. The van der Waals surface area contributed by atoms with Crippen LogP contribution in [0.5, 0.6) is 0 Å². The van der Waals surface area contributed by atoms with Crippen molar-refractivity contribution in [3.8, 4) is 0 Å². The number of nitrogens with two attached hydrogens (primary N) is 1. The predicted molar refractivity (Wildman–Crippen MR) is 96.7 cm³/mol. The summed E-state index contributed by atoms with van der Waals surface area (Å²) in [5.74, 6) is 0.198. The third-order valence-corrected chi connectivity index (χ3v) is 5.35. The molecule has 1 aromatic carbocycles. The molecule has 5 nitrogen and oxygen atoms in total. The van der Waals surface area contributed by atoms with Crippen LogP contribution >= 0.6 is 0 Å². The number of nitrogens with one attached hydrogen (secondary N) is 1. The average molecular weight is 331 g/mol. The van der Waals surface area contributed by atoms with Gasteiger partial charge in [0.1, 0.15) is 0 Å². The molecule has 0 radical (unpaired) electrons. The zero-order chi connectivity index (χ0) is 17.7. The third kappa shape index (κ3) is 3.61. The SMILES string of the molecule is CCC(CC)(CN)C(=O)NC(C)c1ccc(N2CCCC2=O)cc1. The van der Waals surface area contributed by atoms with Crippen LogP contribution in [0.15, 0.2) is 24.3 Å². The van der Waals surface area contributed by atoms with Gasteiger partial charge in [-0.2, -0.15) is 0 Å². The molecule has 3 N–H and O–H groups in total. The van der Waals surface area contributed by atoms with Crippen molar-refractivity contribution in [2.24, 2.45) is 11.1 Å². The lowest BCUT2D eigenvalue weighted by molar-refractivity contribution is -0.131. The van der Waals surface area contributed by atoms with E-state index in [0.29, 0.717) is 13.0 Å². The second-order valence-electron chi connectivity index (χ2n) is 6.63. The van der Waals surface area contributed by atoms with Crippen molar-refractivity contribution in [3.63, 3.8) is 0 Å². The summed E-state index contributed by atoms with van der Waals surface area (Å²) in [5.41, 5.74) is 7.31. The Hall–Kier alpha value is -1.88. The quantitative estimate of drug-likeness (QED) is 0.806. The lowest BCUT2D eigenvalue weighted by Gasteiger charge is -2.30. The van der Waals surface area contributed by atoms with Gasteiger partial charge in [0.2, 0.25) is 11.8 Å². The number of hydrogen-bond donors (Lipinski definition) is 2. The smallest absolute Gasteiger partial charge is 0.227 e. The Bertz CT molecular complexity index is 571. The number of benzene rings is 1. The Balaban J connectivity index is 2.06. The van der Waals surface area contributed by atoms with Crippen LogP contribution in [0, 0.1) is 5.41 Å². The molecule has 0 saturated carbocycles. The maximum Gasteiger partial charge on any atom is 0.227 e. The summed E-state index contributed by atoms with van der Waals surface area (Å²) < 4.78 is 0. The number of anilines is 1. The summed E-state index contributed by atoms with van der Waals surface area (Å²) >= 11 is 0. The fourth-order valence-corrected chi connectivity index (χ4v) is 3.25. The van der Waals surface area contributed by atoms with Crippen LogP contribution < -0.4 is 16.0 Å². The van der Waals surface area contributed by atoms with E-state index < -0.39 is 5.41 Å². The van der Waals surface area contributed by atoms with Crippen LogP contribution in [0.2, 0.25) is 0 Å². The fraction of sp³-hybridized carbons (Fsp3) is 0.579. The van der Waals surface area contributed by atoms with Crippen molar-refractivity contribution < 1.29 is 9.59 Å². The van der Waals surface area contributed by atoms with Gasteiger partial charge >= 0.3 is 0 Å². The lowest BCUT2D eigenvalue weighted by Crippen LogP contribution is -2.46. The molecule has 1 aromatic rings. The van der Waals surface area contributed by atoms with E-state index in [4.69, 9.17) is 5.73 Å². The molecule has 1 heterocycles. The first-order valence-corrected chi connectivity index (χ1v) is 8.88. The molecule has 0 aliphatic carbocycles. The topological polar surface area (TPSA) is 75.4 Å². The highest BCUT2D eigenvalue weighted by Crippen LogP contribution is 2.27. The summed E-state index contributed by atoms with van der Waals surface area (Å²) in [6, 6.07) is 7.78. The van der Waals surface area contributed by atoms with Gasteiger partial charge in [0, 0.05) is 25.2 Å². The average Bonchev–Trinajstić information content (AvgIpc) is 3.03. The van der Waals surface area contributed by atoms with Crippen molar-refractivity contribution >= 4 is 17.5 Å². The molecule has 0 aromatic heterocycles. The molecule has 0 spiro atoms. The van der Waals surface area contributed by atoms with Gasteiger partial charge in [-0.3, -0.25) is 9.59 Å². The van der Waals surface area contributed by atoms with E-state index in [1.165, 1.54) is 0 Å². The minimum atomic E-state index is -0.490. The Kier molecular flexibility index (Phi) is 5.99. The fourth-order valence-electron chi connectivity index (χ4n) is 3.25. The van der Waals surface area contributed by atoms with Gasteiger partial charge in [-0.1, -0.05) is 26.0 Å². The molecule has 1 fully saturated rings. The lowest BCUT2D eigenvalue weighted by atomic mass is 9.81. The molecule has 1 saturated heterocycles. The maximum atomic E-state index is 12.6. The van der Waals surface area contributed by atoms with Gasteiger partial charge in [-0.25, -0.2) is 0 Å². The highest BCUT2D eigenvalue weighted by atomic mass is 16.2. The molecule has 1 unspecified atom stereocenters. The van der Waals surface area contributed by atoms with Crippen LogP contribution in [0.4, 0.5) is 5.69 Å². The highest BCUT2D eigenvalue weighted by Gasteiger charge is 2.34. The van der Waals surface area contributed by atoms with Gasteiger partial charge in [0.25, 0.3) is 0 Å². The van der Waals surface area contributed by atoms with E-state index in [-0.39, 0.29) is 17.9 Å². The Morgan fingerprint density at radius 1 is 1.29 bits per heavy atom. The molecular formula is C19H29N3O2. The Morgan fingerprint density at radius 3 is 2.38 bits per heavy atom. The van der Waals surface area contributed by atoms with Gasteiger partial charge in [0.05, 0.1) is 11.5 Å². The molecule has 24 heavy (non-hydrogen) atoms. The first-order chi connectivity index (χ1) is 11.5. The monoisotopic (exact) mass is 331 g/mol. The van der Waals surface area contributed by atoms with E-state index >= 15 is 0 Å². The molecular weight excluding hydrogens is 302 g/mol. The minimum absolute atomic E-state index is 0.0151. The number of nitrogens with zero attached hydrogens (tertiary/aromatic N) is 1. The normalized spacial score (nSPS) is 16.3. The summed E-state index contributed by atoms with van der Waals surface area (Å²) in [7, 11) is 0. The summed E-state index contributed by atoms with van der Waals surface area (Å²) in [6.07, 6.45) is 3.01. The minimum Gasteiger partial charge on any atom is -0.349 e. The van der Waals surface area contributed by atoms with Gasteiger partial charge in [-0.05, 0) is 43.9 Å². The van der Waals surface area contributed by atoms with E-state index in [1.807, 2.05) is 49.9 Å². The predicted octanol–water partition coefficient (Wildman–Crippen LogP) is 2.76. The molecule has 1 aliphatic heterocycles. The van der Waals surface area contributed by atoms with E-state index in [9.17, 15) is 9.59 Å². The summed E-state index contributed by atoms with van der Waals surface area (Å²) in [5, 5.41) is 3.09. The Labute approximate surface area is 144 Å². The van der Waals surface area contributed by atoms with E-state index in [2.05, 4.69) is 5.32 Å².